The summed E-state index contributed by atoms with van der Waals surface area (Å²) in [5, 5.41) is 0. The zero-order valence-electron chi connectivity index (χ0n) is 11.8. The normalized spacial score (nSPS) is 16.6. The number of carbonyl (C=O) groups is 1. The first-order chi connectivity index (χ1) is 9.20. The zero-order valence-corrected chi connectivity index (χ0v) is 11.8. The summed E-state index contributed by atoms with van der Waals surface area (Å²) in [5.74, 6) is 0.0954. The van der Waals surface area contributed by atoms with Crippen LogP contribution in [0.5, 0.6) is 0 Å². The minimum atomic E-state index is 0.0954. The smallest absolute Gasteiger partial charge is 0.248 e. The molecule has 1 amide bonds. The average molecular weight is 262 g/mol. The van der Waals surface area contributed by atoms with Crippen molar-refractivity contribution in [3.8, 4) is 0 Å². The second-order valence-corrected chi connectivity index (χ2v) is 5.02. The van der Waals surface area contributed by atoms with Crippen molar-refractivity contribution in [2.45, 2.75) is 13.5 Å². The molecule has 1 aromatic rings. The van der Waals surface area contributed by atoms with Crippen molar-refractivity contribution < 1.29 is 9.53 Å². The van der Waals surface area contributed by atoms with Crippen molar-refractivity contribution >= 4 is 5.91 Å². The van der Waals surface area contributed by atoms with Gasteiger partial charge >= 0.3 is 0 Å². The quantitative estimate of drug-likeness (QED) is 0.819. The van der Waals surface area contributed by atoms with Crippen molar-refractivity contribution in [2.24, 2.45) is 0 Å². The first-order valence-corrected chi connectivity index (χ1v) is 6.74. The molecule has 4 nitrogen and oxygen atoms in total. The number of hydrogen-bond donors (Lipinski definition) is 0. The molecule has 0 unspecified atom stereocenters. The van der Waals surface area contributed by atoms with E-state index in [0.29, 0.717) is 0 Å². The topological polar surface area (TPSA) is 32.8 Å². The monoisotopic (exact) mass is 262 g/mol. The molecule has 0 N–H and O–H groups in total. The molecule has 4 heteroatoms. The van der Waals surface area contributed by atoms with Crippen LogP contribution in [-0.4, -0.2) is 55.6 Å². The number of rotatable bonds is 4. The molecule has 0 saturated carbocycles. The van der Waals surface area contributed by atoms with Gasteiger partial charge in [0.2, 0.25) is 5.91 Å². The number of hydrogen-bond acceptors (Lipinski definition) is 3. The Hall–Kier alpha value is -1.39. The van der Waals surface area contributed by atoms with Gasteiger partial charge in [-0.1, -0.05) is 24.3 Å². The molecule has 2 rings (SSSR count). The van der Waals surface area contributed by atoms with E-state index in [-0.39, 0.29) is 12.5 Å². The highest BCUT2D eigenvalue weighted by atomic mass is 16.5. The Morgan fingerprint density at radius 2 is 1.89 bits per heavy atom. The minimum Gasteiger partial charge on any atom is -0.375 e. The van der Waals surface area contributed by atoms with Gasteiger partial charge in [-0.3, -0.25) is 9.69 Å². The maximum absolute atomic E-state index is 11.7. The molecule has 1 fully saturated rings. The van der Waals surface area contributed by atoms with E-state index in [0.717, 1.165) is 32.7 Å². The maximum atomic E-state index is 11.7. The molecule has 0 atom stereocenters. The summed E-state index contributed by atoms with van der Waals surface area (Å²) in [7, 11) is 1.56. The van der Waals surface area contributed by atoms with Gasteiger partial charge in [0.1, 0.15) is 6.61 Å². The number of aryl methyl sites for hydroxylation is 1. The molecule has 1 saturated heterocycles. The standard InChI is InChI=1S/C15H22N2O2/c1-13-5-3-4-6-14(13)11-16-7-9-17(10-8-16)15(18)12-19-2/h3-6H,7-12H2,1-2H3. The Kier molecular flexibility index (Phi) is 4.93. The molecule has 0 aromatic heterocycles. The molecule has 0 spiro atoms. The fraction of sp³-hybridized carbons (Fsp3) is 0.533. The summed E-state index contributed by atoms with van der Waals surface area (Å²) < 4.78 is 4.89. The first-order valence-electron chi connectivity index (χ1n) is 6.74. The van der Waals surface area contributed by atoms with Crippen LogP contribution in [0.15, 0.2) is 24.3 Å². The highest BCUT2D eigenvalue weighted by Gasteiger charge is 2.20. The van der Waals surface area contributed by atoms with E-state index in [4.69, 9.17) is 4.74 Å². The lowest BCUT2D eigenvalue weighted by Crippen LogP contribution is -2.49. The second-order valence-electron chi connectivity index (χ2n) is 5.02. The lowest BCUT2D eigenvalue weighted by molar-refractivity contribution is -0.136. The number of piperazine rings is 1. The van der Waals surface area contributed by atoms with Gasteiger partial charge in [0, 0.05) is 39.8 Å². The van der Waals surface area contributed by atoms with Crippen LogP contribution in [0.1, 0.15) is 11.1 Å². The number of amides is 1. The van der Waals surface area contributed by atoms with Gasteiger partial charge in [-0.05, 0) is 18.1 Å². The van der Waals surface area contributed by atoms with E-state index >= 15 is 0 Å². The van der Waals surface area contributed by atoms with Crippen LogP contribution in [0.2, 0.25) is 0 Å². The van der Waals surface area contributed by atoms with Gasteiger partial charge in [-0.15, -0.1) is 0 Å². The molecule has 0 aliphatic carbocycles. The van der Waals surface area contributed by atoms with E-state index in [2.05, 4.69) is 36.1 Å². The van der Waals surface area contributed by atoms with Gasteiger partial charge in [-0.25, -0.2) is 0 Å². The number of carbonyl (C=O) groups excluding carboxylic acids is 1. The molecule has 104 valence electrons. The Bertz CT molecular complexity index is 426. The van der Waals surface area contributed by atoms with Crippen LogP contribution >= 0.6 is 0 Å². The third-order valence-corrected chi connectivity index (χ3v) is 3.65. The van der Waals surface area contributed by atoms with E-state index in [1.807, 2.05) is 4.90 Å². The van der Waals surface area contributed by atoms with Crippen LogP contribution in [0, 0.1) is 6.92 Å². The van der Waals surface area contributed by atoms with Crippen molar-refractivity contribution in [3.63, 3.8) is 0 Å². The van der Waals surface area contributed by atoms with Crippen LogP contribution in [-0.2, 0) is 16.1 Å². The molecular formula is C15H22N2O2. The summed E-state index contributed by atoms with van der Waals surface area (Å²) in [6, 6.07) is 8.48. The van der Waals surface area contributed by atoms with Gasteiger partial charge in [0.05, 0.1) is 0 Å². The van der Waals surface area contributed by atoms with Crippen molar-refractivity contribution in [2.75, 3.05) is 39.9 Å². The third kappa shape index (κ3) is 3.78. The fourth-order valence-electron chi connectivity index (χ4n) is 2.40. The average Bonchev–Trinajstić information content (AvgIpc) is 2.42. The van der Waals surface area contributed by atoms with Crippen LogP contribution in [0.25, 0.3) is 0 Å². The highest BCUT2D eigenvalue weighted by Crippen LogP contribution is 2.12. The van der Waals surface area contributed by atoms with E-state index in [1.54, 1.807) is 7.11 Å². The molecule has 0 bridgehead atoms. The number of benzene rings is 1. The number of nitrogens with zero attached hydrogens (tertiary/aromatic N) is 2. The van der Waals surface area contributed by atoms with Gasteiger partial charge in [0.15, 0.2) is 0 Å². The molecule has 0 radical (unpaired) electrons. The molecule has 1 aliphatic heterocycles. The predicted molar refractivity (Wildman–Crippen MR) is 74.9 cm³/mol. The fourth-order valence-corrected chi connectivity index (χ4v) is 2.40. The minimum absolute atomic E-state index is 0.0954. The van der Waals surface area contributed by atoms with Crippen molar-refractivity contribution in [3.05, 3.63) is 35.4 Å². The van der Waals surface area contributed by atoms with Crippen LogP contribution in [0.3, 0.4) is 0 Å². The van der Waals surface area contributed by atoms with Crippen molar-refractivity contribution in [1.29, 1.82) is 0 Å². The van der Waals surface area contributed by atoms with Crippen LogP contribution in [0.4, 0.5) is 0 Å². The lowest BCUT2D eigenvalue weighted by Gasteiger charge is -2.34. The Labute approximate surface area is 115 Å². The third-order valence-electron chi connectivity index (χ3n) is 3.65. The van der Waals surface area contributed by atoms with Gasteiger partial charge < -0.3 is 9.64 Å². The van der Waals surface area contributed by atoms with Crippen molar-refractivity contribution in [1.82, 2.24) is 9.80 Å². The predicted octanol–water partition coefficient (Wildman–Crippen LogP) is 1.29. The first kappa shape index (κ1) is 14.0. The maximum Gasteiger partial charge on any atom is 0.248 e. The molecule has 19 heavy (non-hydrogen) atoms. The number of methoxy groups -OCH3 is 1. The Morgan fingerprint density at radius 3 is 2.53 bits per heavy atom. The lowest BCUT2D eigenvalue weighted by atomic mass is 10.1. The SMILES string of the molecule is COCC(=O)N1CCN(Cc2ccccc2C)CC1. The molecule has 1 heterocycles. The largest absolute Gasteiger partial charge is 0.375 e. The number of ether oxygens (including phenoxy) is 1. The van der Waals surface area contributed by atoms with E-state index in [1.165, 1.54) is 11.1 Å². The molecule has 1 aromatic carbocycles. The molecular weight excluding hydrogens is 240 g/mol. The van der Waals surface area contributed by atoms with E-state index in [9.17, 15) is 4.79 Å². The Morgan fingerprint density at radius 1 is 1.21 bits per heavy atom. The van der Waals surface area contributed by atoms with Gasteiger partial charge in [-0.2, -0.15) is 0 Å². The zero-order chi connectivity index (χ0) is 13.7. The summed E-state index contributed by atoms with van der Waals surface area (Å²) >= 11 is 0. The highest BCUT2D eigenvalue weighted by molar-refractivity contribution is 5.77. The molecule has 1 aliphatic rings. The Balaban J connectivity index is 1.84. The second kappa shape index (κ2) is 6.68. The summed E-state index contributed by atoms with van der Waals surface area (Å²) in [6.07, 6.45) is 0. The summed E-state index contributed by atoms with van der Waals surface area (Å²) in [4.78, 5) is 16.0. The van der Waals surface area contributed by atoms with Gasteiger partial charge in [0.25, 0.3) is 0 Å². The van der Waals surface area contributed by atoms with Crippen LogP contribution < -0.4 is 0 Å². The van der Waals surface area contributed by atoms with E-state index < -0.39 is 0 Å². The summed E-state index contributed by atoms with van der Waals surface area (Å²) in [5.41, 5.74) is 2.71. The summed E-state index contributed by atoms with van der Waals surface area (Å²) in [6.45, 7) is 6.78.